The lowest BCUT2D eigenvalue weighted by molar-refractivity contribution is 0.119. The van der Waals surface area contributed by atoms with Crippen LogP contribution in [0.5, 0.6) is 11.5 Å². The fraction of sp³-hybridized carbons (Fsp3) is 0.571. The second-order valence-corrected chi connectivity index (χ2v) is 4.74. The third-order valence-electron chi connectivity index (χ3n) is 2.90. The minimum Gasteiger partial charge on any atom is -0.454 e. The van der Waals surface area contributed by atoms with Crippen molar-refractivity contribution in [3.63, 3.8) is 0 Å². The highest BCUT2D eigenvalue weighted by Crippen LogP contribution is 2.34. The molecular formula is C14H22N2O3. The zero-order chi connectivity index (χ0) is 13.5. The van der Waals surface area contributed by atoms with Crippen LogP contribution in [0.1, 0.15) is 5.56 Å². The van der Waals surface area contributed by atoms with Crippen LogP contribution in [0.25, 0.3) is 0 Å². The van der Waals surface area contributed by atoms with E-state index in [1.165, 1.54) is 0 Å². The van der Waals surface area contributed by atoms with Crippen molar-refractivity contribution >= 4 is 0 Å². The van der Waals surface area contributed by atoms with Crippen molar-refractivity contribution in [2.24, 2.45) is 0 Å². The Morgan fingerprint density at radius 1 is 1.26 bits per heavy atom. The smallest absolute Gasteiger partial charge is 0.231 e. The molecule has 1 heterocycles. The number of fused-ring (bicyclic) bond motifs is 1. The van der Waals surface area contributed by atoms with Crippen LogP contribution in [0.4, 0.5) is 0 Å². The largest absolute Gasteiger partial charge is 0.454 e. The van der Waals surface area contributed by atoms with Gasteiger partial charge in [0.2, 0.25) is 6.79 Å². The molecule has 0 amide bonds. The van der Waals surface area contributed by atoms with Crippen molar-refractivity contribution < 1.29 is 14.2 Å². The third-order valence-corrected chi connectivity index (χ3v) is 2.90. The molecule has 19 heavy (non-hydrogen) atoms. The fourth-order valence-corrected chi connectivity index (χ4v) is 1.85. The molecule has 1 aliphatic rings. The number of ether oxygens (including phenoxy) is 3. The van der Waals surface area contributed by atoms with Gasteiger partial charge < -0.3 is 24.4 Å². The quantitative estimate of drug-likeness (QED) is 0.713. The van der Waals surface area contributed by atoms with Gasteiger partial charge in [0.05, 0.1) is 13.2 Å². The second kappa shape index (κ2) is 7.33. The van der Waals surface area contributed by atoms with Gasteiger partial charge in [0.15, 0.2) is 11.5 Å². The lowest BCUT2D eigenvalue weighted by atomic mass is 10.2. The summed E-state index contributed by atoms with van der Waals surface area (Å²) in [5, 5.41) is 3.35. The maximum Gasteiger partial charge on any atom is 0.231 e. The lowest BCUT2D eigenvalue weighted by Crippen LogP contribution is -2.23. The summed E-state index contributed by atoms with van der Waals surface area (Å²) in [6, 6.07) is 5.96. The normalized spacial score (nSPS) is 13.2. The van der Waals surface area contributed by atoms with Gasteiger partial charge in [-0.1, -0.05) is 12.1 Å². The van der Waals surface area contributed by atoms with Gasteiger partial charge in [0, 0.05) is 25.2 Å². The van der Waals surface area contributed by atoms with Crippen LogP contribution >= 0.6 is 0 Å². The molecule has 0 atom stereocenters. The molecule has 0 bridgehead atoms. The standard InChI is InChI=1S/C14H22N2O3/c1-16(2)7-9-17-8-6-15-10-12-4-3-5-13-14(12)19-11-18-13/h3-5,15H,6-11H2,1-2H3. The van der Waals surface area contributed by atoms with Crippen molar-refractivity contribution in [2.75, 3.05) is 47.2 Å². The molecule has 1 aromatic carbocycles. The van der Waals surface area contributed by atoms with E-state index in [0.717, 1.165) is 49.9 Å². The minimum absolute atomic E-state index is 0.319. The van der Waals surface area contributed by atoms with E-state index in [4.69, 9.17) is 14.2 Å². The Kier molecular flexibility index (Phi) is 5.44. The number of nitrogens with one attached hydrogen (secondary N) is 1. The summed E-state index contributed by atoms with van der Waals surface area (Å²) in [7, 11) is 4.08. The highest BCUT2D eigenvalue weighted by Gasteiger charge is 2.16. The van der Waals surface area contributed by atoms with Crippen LogP contribution in [-0.2, 0) is 11.3 Å². The van der Waals surface area contributed by atoms with Crippen LogP contribution in [0.2, 0.25) is 0 Å². The summed E-state index contributed by atoms with van der Waals surface area (Å²) in [5.74, 6) is 1.70. The van der Waals surface area contributed by atoms with Crippen molar-refractivity contribution in [3.8, 4) is 11.5 Å². The van der Waals surface area contributed by atoms with Crippen LogP contribution in [0.15, 0.2) is 18.2 Å². The Balaban J connectivity index is 1.63. The molecule has 0 aromatic heterocycles. The number of nitrogens with zero attached hydrogens (tertiary/aromatic N) is 1. The SMILES string of the molecule is CN(C)CCOCCNCc1cccc2c1OCO2. The molecule has 5 nitrogen and oxygen atoms in total. The summed E-state index contributed by atoms with van der Waals surface area (Å²) in [6.45, 7) is 4.37. The summed E-state index contributed by atoms with van der Waals surface area (Å²) in [6.07, 6.45) is 0. The first kappa shape index (κ1) is 14.1. The highest BCUT2D eigenvalue weighted by molar-refractivity contribution is 5.48. The van der Waals surface area contributed by atoms with E-state index in [1.54, 1.807) is 0 Å². The lowest BCUT2D eigenvalue weighted by Gasteiger charge is -2.10. The van der Waals surface area contributed by atoms with Gasteiger partial charge in [-0.25, -0.2) is 0 Å². The van der Waals surface area contributed by atoms with Crippen molar-refractivity contribution in [3.05, 3.63) is 23.8 Å². The summed E-state index contributed by atoms with van der Waals surface area (Å²) < 4.78 is 16.3. The maximum absolute atomic E-state index is 5.51. The Bertz CT molecular complexity index is 396. The van der Waals surface area contributed by atoms with Crippen LogP contribution in [0.3, 0.4) is 0 Å². The molecule has 1 aliphatic heterocycles. The zero-order valence-electron chi connectivity index (χ0n) is 11.6. The Hall–Kier alpha value is -1.30. The van der Waals surface area contributed by atoms with Gasteiger partial charge in [-0.05, 0) is 20.2 Å². The van der Waals surface area contributed by atoms with Crippen molar-refractivity contribution in [1.82, 2.24) is 10.2 Å². The van der Waals surface area contributed by atoms with E-state index in [1.807, 2.05) is 32.3 Å². The van der Waals surface area contributed by atoms with Crippen LogP contribution in [-0.4, -0.2) is 52.1 Å². The number of rotatable bonds is 8. The molecule has 0 saturated carbocycles. The maximum atomic E-state index is 5.51. The topological polar surface area (TPSA) is 43.0 Å². The monoisotopic (exact) mass is 266 g/mol. The molecule has 106 valence electrons. The molecule has 0 aliphatic carbocycles. The van der Waals surface area contributed by atoms with Gasteiger partial charge in [0.25, 0.3) is 0 Å². The summed E-state index contributed by atoms with van der Waals surface area (Å²) in [5.41, 5.74) is 1.13. The van der Waals surface area contributed by atoms with E-state index >= 15 is 0 Å². The van der Waals surface area contributed by atoms with Gasteiger partial charge >= 0.3 is 0 Å². The molecule has 0 unspecified atom stereocenters. The average Bonchev–Trinajstić information content (AvgIpc) is 2.86. The third kappa shape index (κ3) is 4.38. The molecule has 0 fully saturated rings. The van der Waals surface area contributed by atoms with Gasteiger partial charge in [-0.15, -0.1) is 0 Å². The van der Waals surface area contributed by atoms with Gasteiger partial charge in [0.1, 0.15) is 0 Å². The first-order chi connectivity index (χ1) is 9.27. The number of benzene rings is 1. The molecule has 0 spiro atoms. The van der Waals surface area contributed by atoms with Crippen LogP contribution in [0, 0.1) is 0 Å². The first-order valence-electron chi connectivity index (χ1n) is 6.58. The molecular weight excluding hydrogens is 244 g/mol. The Morgan fingerprint density at radius 2 is 2.16 bits per heavy atom. The predicted molar refractivity (Wildman–Crippen MR) is 73.6 cm³/mol. The molecule has 1 aromatic rings. The number of likely N-dealkylation sites (N-methyl/N-ethyl adjacent to an activating group) is 1. The van der Waals surface area contributed by atoms with E-state index in [9.17, 15) is 0 Å². The number of para-hydroxylation sites is 1. The zero-order valence-corrected chi connectivity index (χ0v) is 11.6. The van der Waals surface area contributed by atoms with E-state index in [0.29, 0.717) is 6.79 Å². The number of hydrogen-bond acceptors (Lipinski definition) is 5. The average molecular weight is 266 g/mol. The molecule has 1 N–H and O–H groups in total. The Labute approximate surface area is 114 Å². The minimum atomic E-state index is 0.319. The Morgan fingerprint density at radius 3 is 3.00 bits per heavy atom. The second-order valence-electron chi connectivity index (χ2n) is 4.74. The van der Waals surface area contributed by atoms with Crippen molar-refractivity contribution in [2.45, 2.75) is 6.54 Å². The molecule has 0 radical (unpaired) electrons. The molecule has 2 rings (SSSR count). The van der Waals surface area contributed by atoms with Crippen molar-refractivity contribution in [1.29, 1.82) is 0 Å². The summed E-state index contributed by atoms with van der Waals surface area (Å²) in [4.78, 5) is 2.11. The first-order valence-corrected chi connectivity index (χ1v) is 6.58. The molecule has 0 saturated heterocycles. The predicted octanol–water partition coefficient (Wildman–Crippen LogP) is 1.08. The van der Waals surface area contributed by atoms with Crippen LogP contribution < -0.4 is 14.8 Å². The van der Waals surface area contributed by atoms with E-state index < -0.39 is 0 Å². The molecule has 5 heteroatoms. The van der Waals surface area contributed by atoms with Gasteiger partial charge in [-0.3, -0.25) is 0 Å². The summed E-state index contributed by atoms with van der Waals surface area (Å²) >= 11 is 0. The highest BCUT2D eigenvalue weighted by atomic mass is 16.7. The number of hydrogen-bond donors (Lipinski definition) is 1. The van der Waals surface area contributed by atoms with Gasteiger partial charge in [-0.2, -0.15) is 0 Å². The van der Waals surface area contributed by atoms with E-state index in [-0.39, 0.29) is 0 Å². The fourth-order valence-electron chi connectivity index (χ4n) is 1.85. The van der Waals surface area contributed by atoms with E-state index in [2.05, 4.69) is 10.2 Å².